The van der Waals surface area contributed by atoms with Crippen LogP contribution in [0.15, 0.2) is 12.7 Å². The van der Waals surface area contributed by atoms with Crippen molar-refractivity contribution in [2.24, 2.45) is 0 Å². The summed E-state index contributed by atoms with van der Waals surface area (Å²) in [5, 5.41) is 27.4. The molecule has 0 unspecified atom stereocenters. The lowest BCUT2D eigenvalue weighted by Crippen LogP contribution is -2.46. The van der Waals surface area contributed by atoms with Crippen LogP contribution in [0.2, 0.25) is 0 Å². The van der Waals surface area contributed by atoms with Gasteiger partial charge in [-0.3, -0.25) is 0 Å². The number of aliphatic hydroxyl groups is 3. The average Bonchev–Trinajstić information content (AvgIpc) is 2.30. The summed E-state index contributed by atoms with van der Waals surface area (Å²) < 4.78 is 4.77. The lowest BCUT2D eigenvalue weighted by atomic mass is 9.94. The van der Waals surface area contributed by atoms with Crippen molar-refractivity contribution >= 4 is 0 Å². The van der Waals surface area contributed by atoms with Gasteiger partial charge in [-0.2, -0.15) is 0 Å². The van der Waals surface area contributed by atoms with Crippen molar-refractivity contribution in [2.75, 3.05) is 6.61 Å². The van der Waals surface area contributed by atoms with Gasteiger partial charge in [0.1, 0.15) is 24.4 Å². The highest BCUT2D eigenvalue weighted by atomic mass is 16.5. The fraction of sp³-hybridized carbons (Fsp3) is 0.571. The molecule has 3 N–H and O–H groups in total. The standard InChI is InChI=1S/C7H11O4/c1-2-7(10)5(9)4-11-6(7)3-8/h2,4-6,8-10H,1,3H2/t5-,6+,7-/m0/s1. The van der Waals surface area contributed by atoms with E-state index < -0.39 is 17.8 Å². The summed E-state index contributed by atoms with van der Waals surface area (Å²) in [6.45, 7) is 4.08. The highest BCUT2D eigenvalue weighted by molar-refractivity contribution is 5.13. The van der Waals surface area contributed by atoms with Gasteiger partial charge in [0.2, 0.25) is 0 Å². The second-order valence-electron chi connectivity index (χ2n) is 2.48. The predicted octanol–water partition coefficient (Wildman–Crippen LogP) is -1.18. The molecule has 0 aromatic heterocycles. The Labute approximate surface area is 64.7 Å². The number of ether oxygens (including phenoxy) is 1. The number of aliphatic hydroxyl groups excluding tert-OH is 2. The van der Waals surface area contributed by atoms with E-state index in [1.807, 2.05) is 0 Å². The molecule has 3 atom stereocenters. The van der Waals surface area contributed by atoms with Crippen LogP contribution in [0.3, 0.4) is 0 Å². The molecule has 1 radical (unpaired) electrons. The van der Waals surface area contributed by atoms with E-state index in [1.165, 1.54) is 6.08 Å². The van der Waals surface area contributed by atoms with Gasteiger partial charge >= 0.3 is 0 Å². The first kappa shape index (κ1) is 8.67. The summed E-state index contributed by atoms with van der Waals surface area (Å²) in [7, 11) is 0. The normalized spacial score (nSPS) is 44.3. The smallest absolute Gasteiger partial charge is 0.139 e. The van der Waals surface area contributed by atoms with Crippen molar-refractivity contribution in [3.05, 3.63) is 19.3 Å². The Balaban J connectivity index is 2.78. The third kappa shape index (κ3) is 1.18. The van der Waals surface area contributed by atoms with Gasteiger partial charge in [-0.15, -0.1) is 6.58 Å². The van der Waals surface area contributed by atoms with Crippen LogP contribution in [0.5, 0.6) is 0 Å². The van der Waals surface area contributed by atoms with Crippen LogP contribution in [-0.4, -0.2) is 39.7 Å². The van der Waals surface area contributed by atoms with Crippen LogP contribution < -0.4 is 0 Å². The van der Waals surface area contributed by atoms with Gasteiger partial charge in [-0.1, -0.05) is 6.08 Å². The van der Waals surface area contributed by atoms with Crippen LogP contribution >= 0.6 is 0 Å². The molecule has 4 heteroatoms. The second-order valence-corrected chi connectivity index (χ2v) is 2.48. The van der Waals surface area contributed by atoms with Gasteiger partial charge in [-0.05, 0) is 0 Å². The average molecular weight is 159 g/mol. The zero-order chi connectivity index (χ0) is 8.48. The van der Waals surface area contributed by atoms with Gasteiger partial charge in [0, 0.05) is 0 Å². The lowest BCUT2D eigenvalue weighted by molar-refractivity contribution is -0.0576. The predicted molar refractivity (Wildman–Crippen MR) is 37.4 cm³/mol. The Morgan fingerprint density at radius 3 is 2.73 bits per heavy atom. The molecule has 11 heavy (non-hydrogen) atoms. The summed E-state index contributed by atoms with van der Waals surface area (Å²) in [5.41, 5.74) is -1.55. The SMILES string of the molecule is C=C[C@]1(O)[C@@H](O)[CH]O[C@@H]1CO. The molecule has 0 amide bonds. The number of hydrogen-bond acceptors (Lipinski definition) is 4. The molecule has 1 heterocycles. The van der Waals surface area contributed by atoms with E-state index in [9.17, 15) is 5.11 Å². The van der Waals surface area contributed by atoms with Crippen LogP contribution in [0.4, 0.5) is 0 Å². The molecule has 4 nitrogen and oxygen atoms in total. The molecule has 0 bridgehead atoms. The highest BCUT2D eigenvalue weighted by Crippen LogP contribution is 2.29. The highest BCUT2D eigenvalue weighted by Gasteiger charge is 2.47. The molecule has 0 spiro atoms. The zero-order valence-electron chi connectivity index (χ0n) is 5.97. The van der Waals surface area contributed by atoms with Gasteiger partial charge in [0.15, 0.2) is 0 Å². The molecular formula is C7H11O4. The summed E-state index contributed by atoms with van der Waals surface area (Å²) in [6.07, 6.45) is -0.755. The van der Waals surface area contributed by atoms with Crippen molar-refractivity contribution in [1.82, 2.24) is 0 Å². The Bertz CT molecular complexity index is 159. The summed E-state index contributed by atoms with van der Waals surface area (Å²) >= 11 is 0. The van der Waals surface area contributed by atoms with Gasteiger partial charge in [-0.25, -0.2) is 0 Å². The maximum absolute atomic E-state index is 9.54. The lowest BCUT2D eigenvalue weighted by Gasteiger charge is -2.25. The molecule has 0 aliphatic carbocycles. The molecule has 1 saturated heterocycles. The largest absolute Gasteiger partial charge is 0.394 e. The van der Waals surface area contributed by atoms with E-state index in [2.05, 4.69) is 6.58 Å². The first-order valence-corrected chi connectivity index (χ1v) is 3.29. The third-order valence-electron chi connectivity index (χ3n) is 1.85. The minimum absolute atomic E-state index is 0.351. The Morgan fingerprint density at radius 1 is 1.73 bits per heavy atom. The Hall–Kier alpha value is -0.420. The van der Waals surface area contributed by atoms with Gasteiger partial charge in [0.05, 0.1) is 6.61 Å². The van der Waals surface area contributed by atoms with Crippen molar-refractivity contribution < 1.29 is 20.1 Å². The number of hydrogen-bond donors (Lipinski definition) is 3. The molecule has 1 rings (SSSR count). The van der Waals surface area contributed by atoms with E-state index >= 15 is 0 Å². The van der Waals surface area contributed by atoms with Crippen molar-refractivity contribution in [2.45, 2.75) is 17.8 Å². The van der Waals surface area contributed by atoms with Crippen molar-refractivity contribution in [3.8, 4) is 0 Å². The fourth-order valence-electron chi connectivity index (χ4n) is 1.02. The third-order valence-corrected chi connectivity index (χ3v) is 1.85. The second kappa shape index (κ2) is 2.91. The summed E-state index contributed by atoms with van der Waals surface area (Å²) in [5.74, 6) is 0. The van der Waals surface area contributed by atoms with Crippen molar-refractivity contribution in [1.29, 1.82) is 0 Å². The summed E-state index contributed by atoms with van der Waals surface area (Å²) in [6, 6.07) is 0. The molecule has 1 aliphatic heterocycles. The van der Waals surface area contributed by atoms with Gasteiger partial charge < -0.3 is 20.1 Å². The topological polar surface area (TPSA) is 69.9 Å². The monoisotopic (exact) mass is 159 g/mol. The van der Waals surface area contributed by atoms with Crippen LogP contribution in [0.25, 0.3) is 0 Å². The molecule has 1 fully saturated rings. The molecule has 63 valence electrons. The van der Waals surface area contributed by atoms with E-state index in [1.54, 1.807) is 0 Å². The molecular weight excluding hydrogens is 148 g/mol. The minimum Gasteiger partial charge on any atom is -0.394 e. The first-order valence-electron chi connectivity index (χ1n) is 3.29. The van der Waals surface area contributed by atoms with Crippen molar-refractivity contribution in [3.63, 3.8) is 0 Å². The Morgan fingerprint density at radius 2 is 2.36 bits per heavy atom. The molecule has 1 aliphatic rings. The van der Waals surface area contributed by atoms with Crippen LogP contribution in [0.1, 0.15) is 0 Å². The molecule has 0 aromatic rings. The fourth-order valence-corrected chi connectivity index (χ4v) is 1.02. The van der Waals surface area contributed by atoms with Crippen LogP contribution in [-0.2, 0) is 4.74 Å². The maximum Gasteiger partial charge on any atom is 0.139 e. The van der Waals surface area contributed by atoms with E-state index in [0.29, 0.717) is 0 Å². The molecule has 0 aromatic carbocycles. The molecule has 0 saturated carbocycles. The summed E-state index contributed by atoms with van der Waals surface area (Å²) in [4.78, 5) is 0. The minimum atomic E-state index is -1.55. The van der Waals surface area contributed by atoms with E-state index in [0.717, 1.165) is 6.61 Å². The quantitative estimate of drug-likeness (QED) is 0.443. The first-order chi connectivity index (χ1) is 5.15. The van der Waals surface area contributed by atoms with Crippen LogP contribution in [0, 0.1) is 6.61 Å². The van der Waals surface area contributed by atoms with E-state index in [-0.39, 0.29) is 6.61 Å². The van der Waals surface area contributed by atoms with Gasteiger partial charge in [0.25, 0.3) is 0 Å². The zero-order valence-corrected chi connectivity index (χ0v) is 5.97. The Kier molecular flexibility index (Phi) is 2.29. The van der Waals surface area contributed by atoms with E-state index in [4.69, 9.17) is 14.9 Å². The maximum atomic E-state index is 9.54. The number of rotatable bonds is 2.